The standard InChI is InChI=1S/C17H16Cl2N2O3/c1-24-9-8-20-16(22)11-2-5-13(6-3-11)21-17(23)14-7-4-12(18)10-15(14)19/h2-7,10H,8-9H2,1H3,(H,20,22)(H,21,23). The second-order valence-electron chi connectivity index (χ2n) is 4.90. The summed E-state index contributed by atoms with van der Waals surface area (Å²) in [6.07, 6.45) is 0. The third-order valence-electron chi connectivity index (χ3n) is 3.17. The van der Waals surface area contributed by atoms with Gasteiger partial charge in [-0.15, -0.1) is 0 Å². The minimum absolute atomic E-state index is 0.203. The Balaban J connectivity index is 2.00. The van der Waals surface area contributed by atoms with Crippen LogP contribution in [-0.4, -0.2) is 32.1 Å². The van der Waals surface area contributed by atoms with E-state index in [1.165, 1.54) is 6.07 Å². The van der Waals surface area contributed by atoms with Crippen LogP contribution in [-0.2, 0) is 4.74 Å². The molecule has 2 amide bonds. The first-order valence-electron chi connectivity index (χ1n) is 7.15. The van der Waals surface area contributed by atoms with E-state index in [0.717, 1.165) is 0 Å². The van der Waals surface area contributed by atoms with Crippen LogP contribution in [0.3, 0.4) is 0 Å². The van der Waals surface area contributed by atoms with Gasteiger partial charge in [0.25, 0.3) is 11.8 Å². The van der Waals surface area contributed by atoms with Gasteiger partial charge in [-0.25, -0.2) is 0 Å². The zero-order valence-electron chi connectivity index (χ0n) is 12.9. The largest absolute Gasteiger partial charge is 0.383 e. The lowest BCUT2D eigenvalue weighted by Gasteiger charge is -2.08. The Kier molecular flexibility index (Phi) is 6.61. The molecule has 126 valence electrons. The smallest absolute Gasteiger partial charge is 0.257 e. The number of methoxy groups -OCH3 is 1. The van der Waals surface area contributed by atoms with E-state index in [-0.39, 0.29) is 16.8 Å². The monoisotopic (exact) mass is 366 g/mol. The number of benzene rings is 2. The van der Waals surface area contributed by atoms with E-state index in [1.54, 1.807) is 43.5 Å². The Bertz CT molecular complexity index is 733. The fraction of sp³-hybridized carbons (Fsp3) is 0.176. The van der Waals surface area contributed by atoms with Crippen molar-refractivity contribution in [2.24, 2.45) is 0 Å². The van der Waals surface area contributed by atoms with E-state index < -0.39 is 0 Å². The summed E-state index contributed by atoms with van der Waals surface area (Å²) in [5, 5.41) is 6.17. The normalized spacial score (nSPS) is 10.3. The van der Waals surface area contributed by atoms with Gasteiger partial charge in [0.15, 0.2) is 0 Å². The molecular formula is C17H16Cl2N2O3. The van der Waals surface area contributed by atoms with Gasteiger partial charge < -0.3 is 15.4 Å². The highest BCUT2D eigenvalue weighted by Crippen LogP contribution is 2.22. The number of halogens is 2. The minimum atomic E-state index is -0.353. The van der Waals surface area contributed by atoms with Crippen LogP contribution in [0.15, 0.2) is 42.5 Å². The summed E-state index contributed by atoms with van der Waals surface area (Å²) in [4.78, 5) is 24.1. The molecule has 2 rings (SSSR count). The lowest BCUT2D eigenvalue weighted by Crippen LogP contribution is -2.26. The summed E-state index contributed by atoms with van der Waals surface area (Å²) < 4.78 is 4.87. The second kappa shape index (κ2) is 8.68. The molecule has 0 heterocycles. The second-order valence-corrected chi connectivity index (χ2v) is 5.75. The van der Waals surface area contributed by atoms with Crippen LogP contribution in [0.25, 0.3) is 0 Å². The van der Waals surface area contributed by atoms with Gasteiger partial charge in [0.1, 0.15) is 0 Å². The van der Waals surface area contributed by atoms with E-state index in [1.807, 2.05) is 0 Å². The average molecular weight is 367 g/mol. The molecule has 0 aliphatic carbocycles. The molecule has 5 nitrogen and oxygen atoms in total. The first-order chi connectivity index (χ1) is 11.5. The summed E-state index contributed by atoms with van der Waals surface area (Å²) >= 11 is 11.8. The highest BCUT2D eigenvalue weighted by Gasteiger charge is 2.11. The van der Waals surface area contributed by atoms with E-state index in [0.29, 0.717) is 35.0 Å². The van der Waals surface area contributed by atoms with Gasteiger partial charge in [-0.3, -0.25) is 9.59 Å². The molecule has 2 N–H and O–H groups in total. The Morgan fingerprint density at radius 3 is 2.38 bits per heavy atom. The Labute approximate surface area is 149 Å². The molecule has 0 aliphatic heterocycles. The molecule has 2 aromatic rings. The molecule has 0 atom stereocenters. The van der Waals surface area contributed by atoms with Gasteiger partial charge in [-0.1, -0.05) is 23.2 Å². The van der Waals surface area contributed by atoms with Gasteiger partial charge in [0, 0.05) is 29.9 Å². The Hall–Kier alpha value is -2.08. The van der Waals surface area contributed by atoms with Crippen LogP contribution in [0, 0.1) is 0 Å². The summed E-state index contributed by atoms with van der Waals surface area (Å²) in [7, 11) is 1.57. The van der Waals surface area contributed by atoms with Gasteiger partial charge in [-0.2, -0.15) is 0 Å². The van der Waals surface area contributed by atoms with Crippen molar-refractivity contribution < 1.29 is 14.3 Å². The molecule has 0 saturated heterocycles. The highest BCUT2D eigenvalue weighted by atomic mass is 35.5. The first-order valence-corrected chi connectivity index (χ1v) is 7.90. The number of hydrogen-bond donors (Lipinski definition) is 2. The predicted molar refractivity (Wildman–Crippen MR) is 95.1 cm³/mol. The number of anilines is 1. The average Bonchev–Trinajstić information content (AvgIpc) is 2.55. The van der Waals surface area contributed by atoms with Crippen LogP contribution in [0.2, 0.25) is 10.0 Å². The zero-order chi connectivity index (χ0) is 17.5. The maximum atomic E-state index is 12.2. The van der Waals surface area contributed by atoms with Gasteiger partial charge in [0.05, 0.1) is 17.2 Å². The third-order valence-corrected chi connectivity index (χ3v) is 3.72. The van der Waals surface area contributed by atoms with Crippen LogP contribution in [0.1, 0.15) is 20.7 Å². The number of carbonyl (C=O) groups is 2. The highest BCUT2D eigenvalue weighted by molar-refractivity contribution is 6.37. The van der Waals surface area contributed by atoms with Crippen molar-refractivity contribution in [2.45, 2.75) is 0 Å². The van der Waals surface area contributed by atoms with E-state index >= 15 is 0 Å². The SMILES string of the molecule is COCCNC(=O)c1ccc(NC(=O)c2ccc(Cl)cc2Cl)cc1. The lowest BCUT2D eigenvalue weighted by molar-refractivity contribution is 0.0936. The van der Waals surface area contributed by atoms with E-state index in [2.05, 4.69) is 10.6 Å². The Morgan fingerprint density at radius 1 is 1.04 bits per heavy atom. The summed E-state index contributed by atoms with van der Waals surface area (Å²) in [5.74, 6) is -0.556. The van der Waals surface area contributed by atoms with Crippen LogP contribution in [0.5, 0.6) is 0 Å². The topological polar surface area (TPSA) is 67.4 Å². The molecule has 24 heavy (non-hydrogen) atoms. The molecular weight excluding hydrogens is 351 g/mol. The number of nitrogens with one attached hydrogen (secondary N) is 2. The van der Waals surface area contributed by atoms with E-state index in [4.69, 9.17) is 27.9 Å². The molecule has 0 fully saturated rings. The number of hydrogen-bond acceptors (Lipinski definition) is 3. The third kappa shape index (κ3) is 4.96. The molecule has 0 spiro atoms. The van der Waals surface area contributed by atoms with Crippen LogP contribution < -0.4 is 10.6 Å². The summed E-state index contributed by atoms with van der Waals surface area (Å²) in [6.45, 7) is 0.880. The molecule has 0 aliphatic rings. The zero-order valence-corrected chi connectivity index (χ0v) is 14.4. The van der Waals surface area contributed by atoms with Gasteiger partial charge in [-0.05, 0) is 42.5 Å². The number of rotatable bonds is 6. The van der Waals surface area contributed by atoms with Crippen LogP contribution >= 0.6 is 23.2 Å². The fourth-order valence-corrected chi connectivity index (χ4v) is 2.44. The first kappa shape index (κ1) is 18.3. The molecule has 2 aromatic carbocycles. The number of ether oxygens (including phenoxy) is 1. The van der Waals surface area contributed by atoms with Crippen molar-refractivity contribution in [3.63, 3.8) is 0 Å². The molecule has 0 saturated carbocycles. The van der Waals surface area contributed by atoms with Crippen LogP contribution in [0.4, 0.5) is 5.69 Å². The Morgan fingerprint density at radius 2 is 1.75 bits per heavy atom. The molecule has 7 heteroatoms. The quantitative estimate of drug-likeness (QED) is 0.767. The molecule has 0 bridgehead atoms. The van der Waals surface area contributed by atoms with Crippen molar-refractivity contribution in [1.29, 1.82) is 0 Å². The summed E-state index contributed by atoms with van der Waals surface area (Å²) in [6, 6.07) is 11.2. The van der Waals surface area contributed by atoms with Gasteiger partial charge >= 0.3 is 0 Å². The summed E-state index contributed by atoms with van der Waals surface area (Å²) in [5.41, 5.74) is 1.37. The van der Waals surface area contributed by atoms with Gasteiger partial charge in [0.2, 0.25) is 0 Å². The maximum absolute atomic E-state index is 12.2. The van der Waals surface area contributed by atoms with Crippen molar-refractivity contribution in [2.75, 3.05) is 25.6 Å². The van der Waals surface area contributed by atoms with Crippen molar-refractivity contribution >= 4 is 40.7 Å². The maximum Gasteiger partial charge on any atom is 0.257 e. The van der Waals surface area contributed by atoms with Crippen molar-refractivity contribution in [3.05, 3.63) is 63.6 Å². The fourth-order valence-electron chi connectivity index (χ4n) is 1.95. The van der Waals surface area contributed by atoms with Crippen molar-refractivity contribution in [1.82, 2.24) is 5.32 Å². The molecule has 0 unspecified atom stereocenters. The molecule has 0 aromatic heterocycles. The molecule has 0 radical (unpaired) electrons. The number of carbonyl (C=O) groups excluding carboxylic acids is 2. The minimum Gasteiger partial charge on any atom is -0.383 e. The van der Waals surface area contributed by atoms with E-state index in [9.17, 15) is 9.59 Å². The predicted octanol–water partition coefficient (Wildman–Crippen LogP) is 3.62. The lowest BCUT2D eigenvalue weighted by atomic mass is 10.1. The van der Waals surface area contributed by atoms with Crippen molar-refractivity contribution in [3.8, 4) is 0 Å². The number of amides is 2.